The predicted octanol–water partition coefficient (Wildman–Crippen LogP) is 2.58. The number of nitrogens with zero attached hydrogens (tertiary/aromatic N) is 2. The first-order valence-electron chi connectivity index (χ1n) is 6.19. The van der Waals surface area contributed by atoms with Gasteiger partial charge in [0.2, 0.25) is 0 Å². The second-order valence-corrected chi connectivity index (χ2v) is 4.82. The van der Waals surface area contributed by atoms with Gasteiger partial charge >= 0.3 is 6.18 Å². The van der Waals surface area contributed by atoms with Crippen LogP contribution in [0.4, 0.5) is 13.2 Å². The van der Waals surface area contributed by atoms with E-state index in [1.54, 1.807) is 6.07 Å². The van der Waals surface area contributed by atoms with Crippen molar-refractivity contribution in [1.29, 1.82) is 10.5 Å². The van der Waals surface area contributed by atoms with Crippen LogP contribution in [0.25, 0.3) is 0 Å². The zero-order valence-corrected chi connectivity index (χ0v) is 11.3. The van der Waals surface area contributed by atoms with Gasteiger partial charge in [-0.15, -0.1) is 0 Å². The minimum atomic E-state index is -4.67. The van der Waals surface area contributed by atoms with Crippen molar-refractivity contribution in [2.45, 2.75) is 19.0 Å². The Morgan fingerprint density at radius 2 is 1.73 bits per heavy atom. The van der Waals surface area contributed by atoms with E-state index in [9.17, 15) is 28.0 Å². The van der Waals surface area contributed by atoms with Crippen molar-refractivity contribution in [3.63, 3.8) is 0 Å². The van der Waals surface area contributed by atoms with E-state index in [2.05, 4.69) is 0 Å². The van der Waals surface area contributed by atoms with Crippen LogP contribution in [0.5, 0.6) is 0 Å². The molecule has 2 unspecified atom stereocenters. The predicted molar refractivity (Wildman–Crippen MR) is 69.2 cm³/mol. The lowest BCUT2D eigenvalue weighted by atomic mass is 9.72. The number of hydrogen-bond acceptors (Lipinski definition) is 4. The van der Waals surface area contributed by atoms with Gasteiger partial charge in [-0.1, -0.05) is 12.1 Å². The summed E-state index contributed by atoms with van der Waals surface area (Å²) in [6, 6.07) is 9.13. The molecule has 0 aromatic heterocycles. The molecule has 0 saturated carbocycles. The molecule has 0 spiro atoms. The number of rotatable bonds is 6. The van der Waals surface area contributed by atoms with E-state index >= 15 is 0 Å². The van der Waals surface area contributed by atoms with Crippen LogP contribution < -0.4 is 0 Å². The van der Waals surface area contributed by atoms with Gasteiger partial charge in [0.1, 0.15) is 18.0 Å². The van der Waals surface area contributed by atoms with Crippen molar-refractivity contribution in [1.82, 2.24) is 0 Å². The second kappa shape index (κ2) is 6.86. The third-order valence-corrected chi connectivity index (χ3v) is 3.28. The minimum Gasteiger partial charge on any atom is -0.303 e. The summed E-state index contributed by atoms with van der Waals surface area (Å²) in [4.78, 5) is 22.3. The summed E-state index contributed by atoms with van der Waals surface area (Å²) in [6.07, 6.45) is -6.45. The van der Waals surface area contributed by atoms with Gasteiger partial charge < -0.3 is 9.59 Å². The molecule has 0 bridgehead atoms. The Labute approximate surface area is 124 Å². The molecule has 4 nitrogen and oxygen atoms in total. The maximum Gasteiger partial charge on any atom is 0.389 e. The normalized spacial score (nSPS) is 15.0. The maximum absolute atomic E-state index is 12.5. The first kappa shape index (κ1) is 17.4. The Balaban J connectivity index is 3.13. The van der Waals surface area contributed by atoms with Crippen LogP contribution in [0.15, 0.2) is 24.3 Å². The topological polar surface area (TPSA) is 81.7 Å². The number of alkyl halides is 3. The molecule has 0 aliphatic heterocycles. The fourth-order valence-corrected chi connectivity index (χ4v) is 2.04. The van der Waals surface area contributed by atoms with Crippen molar-refractivity contribution in [2.24, 2.45) is 11.3 Å². The van der Waals surface area contributed by atoms with Crippen LogP contribution in [0.1, 0.15) is 17.5 Å². The van der Waals surface area contributed by atoms with Crippen LogP contribution in [0, 0.1) is 34.0 Å². The van der Waals surface area contributed by atoms with E-state index in [1.807, 2.05) is 6.07 Å². The standard InChI is InChI=1S/C15H11F3N2O2/c16-15(17,18)6-13(8-21)14(9-20,10-22)5-11-1-3-12(7-19)4-2-11/h1-4,8,10,13H,5-6H2. The van der Waals surface area contributed by atoms with Crippen LogP contribution in [-0.4, -0.2) is 18.7 Å². The average Bonchev–Trinajstić information content (AvgIpc) is 2.50. The molecule has 2 atom stereocenters. The number of carbonyl (C=O) groups is 2. The van der Waals surface area contributed by atoms with E-state index < -0.39 is 23.9 Å². The number of carbonyl (C=O) groups excluding carboxylic acids is 2. The fourth-order valence-electron chi connectivity index (χ4n) is 2.04. The number of hydrogen-bond donors (Lipinski definition) is 0. The van der Waals surface area contributed by atoms with Crippen LogP contribution >= 0.6 is 0 Å². The maximum atomic E-state index is 12.5. The third-order valence-electron chi connectivity index (χ3n) is 3.28. The van der Waals surface area contributed by atoms with Crippen molar-refractivity contribution in [3.05, 3.63) is 35.4 Å². The summed E-state index contributed by atoms with van der Waals surface area (Å²) in [7, 11) is 0. The summed E-state index contributed by atoms with van der Waals surface area (Å²) in [5.74, 6) is -1.79. The molecule has 7 heteroatoms. The molecule has 0 amide bonds. The zero-order chi connectivity index (χ0) is 16.8. The molecule has 0 aliphatic rings. The molecular weight excluding hydrogens is 297 g/mol. The first-order chi connectivity index (χ1) is 10.3. The molecular formula is C15H11F3N2O2. The van der Waals surface area contributed by atoms with Crippen molar-refractivity contribution in [2.75, 3.05) is 0 Å². The van der Waals surface area contributed by atoms with Gasteiger partial charge in [-0.05, 0) is 24.1 Å². The molecule has 114 valence electrons. The Morgan fingerprint density at radius 1 is 1.14 bits per heavy atom. The van der Waals surface area contributed by atoms with Crippen LogP contribution in [0.3, 0.4) is 0 Å². The highest BCUT2D eigenvalue weighted by molar-refractivity contribution is 5.73. The fraction of sp³-hybridized carbons (Fsp3) is 0.333. The lowest BCUT2D eigenvalue weighted by molar-refractivity contribution is -0.156. The molecule has 1 rings (SSSR count). The molecule has 0 saturated heterocycles. The van der Waals surface area contributed by atoms with E-state index in [4.69, 9.17) is 5.26 Å². The van der Waals surface area contributed by atoms with Gasteiger partial charge in [0, 0.05) is 5.92 Å². The van der Waals surface area contributed by atoms with Gasteiger partial charge in [0.15, 0.2) is 0 Å². The molecule has 0 fully saturated rings. The van der Waals surface area contributed by atoms with E-state index in [-0.39, 0.29) is 19.0 Å². The van der Waals surface area contributed by atoms with Gasteiger partial charge in [-0.2, -0.15) is 23.7 Å². The van der Waals surface area contributed by atoms with Gasteiger partial charge in [0.25, 0.3) is 0 Å². The summed E-state index contributed by atoms with van der Waals surface area (Å²) >= 11 is 0. The highest BCUT2D eigenvalue weighted by Crippen LogP contribution is 2.36. The monoisotopic (exact) mass is 308 g/mol. The zero-order valence-electron chi connectivity index (χ0n) is 11.3. The molecule has 1 aromatic rings. The Kier molecular flexibility index (Phi) is 5.42. The minimum absolute atomic E-state index is 0.00520. The van der Waals surface area contributed by atoms with Gasteiger partial charge in [-0.25, -0.2) is 0 Å². The lowest BCUT2D eigenvalue weighted by Crippen LogP contribution is -2.37. The smallest absolute Gasteiger partial charge is 0.303 e. The molecule has 22 heavy (non-hydrogen) atoms. The van der Waals surface area contributed by atoms with Gasteiger partial charge in [0.05, 0.1) is 24.1 Å². The van der Waals surface area contributed by atoms with E-state index in [1.165, 1.54) is 24.3 Å². The molecule has 0 aliphatic carbocycles. The van der Waals surface area contributed by atoms with E-state index in [0.717, 1.165) is 0 Å². The molecule has 0 heterocycles. The largest absolute Gasteiger partial charge is 0.389 e. The number of nitriles is 2. The second-order valence-electron chi connectivity index (χ2n) is 4.82. The molecule has 0 radical (unpaired) electrons. The van der Waals surface area contributed by atoms with Crippen molar-refractivity contribution in [3.8, 4) is 12.1 Å². The number of aldehydes is 2. The van der Waals surface area contributed by atoms with Crippen LogP contribution in [0.2, 0.25) is 0 Å². The summed E-state index contributed by atoms with van der Waals surface area (Å²) in [5, 5.41) is 17.9. The van der Waals surface area contributed by atoms with Crippen molar-refractivity contribution < 1.29 is 22.8 Å². The molecule has 1 aromatic carbocycles. The lowest BCUT2D eigenvalue weighted by Gasteiger charge is -2.27. The quantitative estimate of drug-likeness (QED) is 0.756. The SMILES string of the molecule is N#Cc1ccc(CC(C#N)(C=O)C(C=O)CC(F)(F)F)cc1. The van der Waals surface area contributed by atoms with E-state index in [0.29, 0.717) is 11.1 Å². The van der Waals surface area contributed by atoms with Gasteiger partial charge in [-0.3, -0.25) is 0 Å². The molecule has 0 N–H and O–H groups in total. The first-order valence-corrected chi connectivity index (χ1v) is 6.19. The number of halogens is 3. The summed E-state index contributed by atoms with van der Waals surface area (Å²) < 4.78 is 37.5. The highest BCUT2D eigenvalue weighted by Gasteiger charge is 2.45. The summed E-state index contributed by atoms with van der Waals surface area (Å²) in [6.45, 7) is 0. The van der Waals surface area contributed by atoms with Crippen molar-refractivity contribution >= 4 is 12.6 Å². The Morgan fingerprint density at radius 3 is 2.09 bits per heavy atom. The Hall–Kier alpha value is -2.67. The average molecular weight is 308 g/mol. The third kappa shape index (κ3) is 4.16. The highest BCUT2D eigenvalue weighted by atomic mass is 19.4. The Bertz CT molecular complexity index is 626. The summed E-state index contributed by atoms with van der Waals surface area (Å²) in [5.41, 5.74) is -1.37. The van der Waals surface area contributed by atoms with Crippen LogP contribution in [-0.2, 0) is 16.0 Å². The number of benzene rings is 1.